The Labute approximate surface area is 263 Å². The van der Waals surface area contributed by atoms with Crippen molar-refractivity contribution in [1.29, 1.82) is 0 Å². The predicted octanol–water partition coefficient (Wildman–Crippen LogP) is 3.61. The van der Waals surface area contributed by atoms with E-state index in [0.29, 0.717) is 25.2 Å². The molecule has 1 atom stereocenters. The Morgan fingerprint density at radius 2 is 1.95 bits per heavy atom. The average molecular weight is 673 g/mol. The topological polar surface area (TPSA) is 104 Å². The van der Waals surface area contributed by atoms with Crippen molar-refractivity contribution in [3.05, 3.63) is 90.5 Å². The minimum absolute atomic E-state index is 0. The Morgan fingerprint density at radius 1 is 1.20 bits per heavy atom. The Kier molecular flexibility index (Phi) is 9.74. The number of carbonyl (C=O) groups excluding carboxylic acids is 1. The number of rotatable bonds is 4. The summed E-state index contributed by atoms with van der Waals surface area (Å²) in [5.41, 5.74) is -0.749. The first-order chi connectivity index (χ1) is 18.2. The van der Waals surface area contributed by atoms with E-state index in [9.17, 15) is 19.1 Å². The molecule has 1 fully saturated rings. The van der Waals surface area contributed by atoms with Crippen LogP contribution in [-0.2, 0) is 4.79 Å². The molecule has 5 rings (SSSR count). The first-order valence-corrected chi connectivity index (χ1v) is 11.8. The summed E-state index contributed by atoms with van der Waals surface area (Å²) in [5.74, 6) is -2.32. The number of anilines is 1. The van der Waals surface area contributed by atoms with E-state index in [2.05, 4.69) is 27.7 Å². The van der Waals surface area contributed by atoms with Crippen molar-refractivity contribution in [2.75, 3.05) is 24.5 Å². The number of hydrogen-bond acceptors (Lipinski definition) is 7. The van der Waals surface area contributed by atoms with Crippen LogP contribution < -0.4 is 10.6 Å². The van der Waals surface area contributed by atoms with E-state index in [0.717, 1.165) is 16.7 Å². The molecule has 1 amide bonds. The molecule has 1 aliphatic heterocycles. The van der Waals surface area contributed by atoms with E-state index >= 15 is 4.39 Å². The van der Waals surface area contributed by atoms with Crippen LogP contribution in [0.3, 0.4) is 0 Å². The number of aryl methyl sites for hydroxylation is 1. The fourth-order valence-electron chi connectivity index (χ4n) is 4.69. The van der Waals surface area contributed by atoms with Crippen molar-refractivity contribution >= 4 is 22.8 Å². The minimum Gasteiger partial charge on any atom is -0.507 e. The molecule has 1 N–H and O–H groups in total. The standard InChI is InChI=1S/C27H23F2N6O3.CH3.Pr/c1-4-22(37)33-10-11-34(16(3)14-33)25-17-12-19(29)24(23-18(28)6-5-7-21(23)36)31-26(17)35(27(38)32-25)20-13-30-9-8-15(20)2;;/h4-9,12,16,36H,1,10-11,14H2,2-3H3;1H3;/q2*-1;. The summed E-state index contributed by atoms with van der Waals surface area (Å²) in [4.78, 5) is 41.7. The molecule has 9 nitrogen and oxygen atoms in total. The largest absolute Gasteiger partial charge is 0.507 e. The van der Waals surface area contributed by atoms with Crippen molar-refractivity contribution < 1.29 is 60.0 Å². The number of phenols is 1. The maximum absolute atomic E-state index is 15.6. The molecule has 12 heteroatoms. The van der Waals surface area contributed by atoms with Gasteiger partial charge in [-0.1, -0.05) is 32.0 Å². The van der Waals surface area contributed by atoms with Gasteiger partial charge in [0, 0.05) is 67.0 Å². The first-order valence-electron chi connectivity index (χ1n) is 11.8. The van der Waals surface area contributed by atoms with E-state index < -0.39 is 34.3 Å². The maximum Gasteiger partial charge on any atom is 0.353 e. The molecular weight excluding hydrogens is 647 g/mol. The Balaban J connectivity index is 0.00000220. The van der Waals surface area contributed by atoms with Gasteiger partial charge in [0.15, 0.2) is 11.5 Å². The molecular formula is C28H26F2N6O3Pr-2. The third-order valence-corrected chi connectivity index (χ3v) is 6.58. The maximum atomic E-state index is 15.6. The van der Waals surface area contributed by atoms with E-state index in [4.69, 9.17) is 0 Å². The van der Waals surface area contributed by atoms with Gasteiger partial charge in [0.05, 0.1) is 10.9 Å². The van der Waals surface area contributed by atoms with Crippen LogP contribution in [0.2, 0.25) is 0 Å². The number of nitrogens with zero attached hydrogens (tertiary/aromatic N) is 6. The number of benzene rings is 1. The monoisotopic (exact) mass is 673 g/mol. The summed E-state index contributed by atoms with van der Waals surface area (Å²) in [6.45, 7) is 8.13. The molecule has 0 saturated carbocycles. The summed E-state index contributed by atoms with van der Waals surface area (Å²) in [5, 5.41) is 10.5. The third-order valence-electron chi connectivity index (χ3n) is 6.58. The zero-order chi connectivity index (χ0) is 27.1. The first kappa shape index (κ1) is 31.2. The van der Waals surface area contributed by atoms with Gasteiger partial charge in [-0.05, 0) is 36.9 Å². The quantitative estimate of drug-likeness (QED) is 0.261. The number of aromatic hydroxyl groups is 1. The SMILES string of the molecule is C=CC(=O)N1CCN(c2nc(=O)n(-c3[c-]nccc3C)c3nc(-c4c(O)cccc4F)c(F)cc23)C(C)C1.[CH3-].[Pr]. The van der Waals surface area contributed by atoms with Crippen LogP contribution in [0, 0.1) is 73.5 Å². The summed E-state index contributed by atoms with van der Waals surface area (Å²) in [6, 6.07) is 6.11. The molecule has 0 spiro atoms. The normalized spacial score (nSPS) is 14.8. The summed E-state index contributed by atoms with van der Waals surface area (Å²) in [7, 11) is 0. The molecule has 0 aliphatic carbocycles. The van der Waals surface area contributed by atoms with E-state index in [-0.39, 0.29) is 83.2 Å². The van der Waals surface area contributed by atoms with Gasteiger partial charge in [-0.2, -0.15) is 11.1 Å². The van der Waals surface area contributed by atoms with E-state index in [1.807, 2.05) is 11.8 Å². The predicted molar refractivity (Wildman–Crippen MR) is 144 cm³/mol. The molecule has 4 heterocycles. The van der Waals surface area contributed by atoms with Crippen LogP contribution in [-0.4, -0.2) is 61.1 Å². The second-order valence-electron chi connectivity index (χ2n) is 9.00. The number of piperazine rings is 1. The Morgan fingerprint density at radius 3 is 2.60 bits per heavy atom. The molecule has 1 aromatic carbocycles. The number of pyridine rings is 2. The fourth-order valence-corrected chi connectivity index (χ4v) is 4.69. The van der Waals surface area contributed by atoms with Crippen LogP contribution in [0.1, 0.15) is 12.5 Å². The number of phenolic OH excluding ortho intramolecular Hbond substituents is 1. The van der Waals surface area contributed by atoms with E-state index in [1.54, 1.807) is 17.9 Å². The molecule has 3 aromatic heterocycles. The number of aromatic nitrogens is 4. The third kappa shape index (κ3) is 5.49. The van der Waals surface area contributed by atoms with Crippen LogP contribution >= 0.6 is 0 Å². The molecule has 205 valence electrons. The van der Waals surface area contributed by atoms with Crippen LogP contribution in [0.5, 0.6) is 5.75 Å². The number of hydrogen-bond donors (Lipinski definition) is 1. The summed E-state index contributed by atoms with van der Waals surface area (Å²) >= 11 is 0. The van der Waals surface area contributed by atoms with Gasteiger partial charge in [0.2, 0.25) is 5.91 Å². The van der Waals surface area contributed by atoms with Crippen molar-refractivity contribution in [1.82, 2.24) is 24.4 Å². The zero-order valence-corrected chi connectivity index (χ0v) is 25.9. The number of amides is 1. The van der Waals surface area contributed by atoms with E-state index in [1.165, 1.54) is 24.4 Å². The number of carbonyl (C=O) groups is 1. The zero-order valence-electron chi connectivity index (χ0n) is 22.2. The molecule has 1 aliphatic rings. The molecule has 1 radical (unpaired) electrons. The van der Waals surface area contributed by atoms with Gasteiger partial charge in [-0.25, -0.2) is 18.6 Å². The number of halogens is 2. The van der Waals surface area contributed by atoms with Crippen molar-refractivity contribution in [2.24, 2.45) is 0 Å². The van der Waals surface area contributed by atoms with Gasteiger partial charge in [0.1, 0.15) is 23.1 Å². The van der Waals surface area contributed by atoms with Gasteiger partial charge in [-0.15, -0.1) is 5.56 Å². The van der Waals surface area contributed by atoms with Crippen LogP contribution in [0.4, 0.5) is 14.6 Å². The summed E-state index contributed by atoms with van der Waals surface area (Å²) < 4.78 is 31.4. The molecule has 4 aromatic rings. The molecule has 0 bridgehead atoms. The van der Waals surface area contributed by atoms with Crippen LogP contribution in [0.25, 0.3) is 28.0 Å². The number of fused-ring (bicyclic) bond motifs is 1. The van der Waals surface area contributed by atoms with Crippen molar-refractivity contribution in [3.63, 3.8) is 0 Å². The molecule has 40 heavy (non-hydrogen) atoms. The second-order valence-corrected chi connectivity index (χ2v) is 9.00. The van der Waals surface area contributed by atoms with Gasteiger partial charge >= 0.3 is 5.69 Å². The average Bonchev–Trinajstić information content (AvgIpc) is 2.89. The fraction of sp³-hybridized carbons (Fsp3) is 0.214. The minimum atomic E-state index is -0.911. The molecule has 1 saturated heterocycles. The molecule has 1 unspecified atom stereocenters. The van der Waals surface area contributed by atoms with Gasteiger partial charge in [-0.3, -0.25) is 9.36 Å². The van der Waals surface area contributed by atoms with Crippen molar-refractivity contribution in [3.8, 4) is 22.7 Å². The Hall–Kier alpha value is -3.31. The van der Waals surface area contributed by atoms with Crippen LogP contribution in [0.15, 0.2) is 54.0 Å². The Bertz CT molecular complexity index is 1640. The summed E-state index contributed by atoms with van der Waals surface area (Å²) in [6.07, 6.45) is 5.51. The van der Waals surface area contributed by atoms with Crippen molar-refractivity contribution in [2.45, 2.75) is 19.9 Å². The smallest absolute Gasteiger partial charge is 0.353 e. The van der Waals surface area contributed by atoms with Gasteiger partial charge in [0.25, 0.3) is 0 Å². The van der Waals surface area contributed by atoms with Gasteiger partial charge < -0.3 is 27.3 Å². The second kappa shape index (κ2) is 12.5.